The molecule has 0 unspecified atom stereocenters. The molecule has 1 aromatic carbocycles. The van der Waals surface area contributed by atoms with Crippen molar-refractivity contribution in [2.75, 3.05) is 45.2 Å². The smallest absolute Gasteiger partial charge is 0.356 e. The van der Waals surface area contributed by atoms with Crippen molar-refractivity contribution >= 4 is 28.5 Å². The van der Waals surface area contributed by atoms with Crippen molar-refractivity contribution in [1.29, 1.82) is 0 Å². The van der Waals surface area contributed by atoms with Gasteiger partial charge in [-0.25, -0.2) is 4.79 Å². The van der Waals surface area contributed by atoms with Crippen molar-refractivity contribution in [2.45, 2.75) is 58.0 Å². The molecule has 180 valence electrons. The van der Waals surface area contributed by atoms with Crippen LogP contribution in [0.4, 0.5) is 5.69 Å². The number of carbonyl (C=O) groups excluding carboxylic acids is 2. The van der Waals surface area contributed by atoms with E-state index in [1.807, 2.05) is 25.1 Å². The number of anilines is 1. The van der Waals surface area contributed by atoms with Crippen molar-refractivity contribution in [3.8, 4) is 5.75 Å². The summed E-state index contributed by atoms with van der Waals surface area (Å²) >= 11 is 0. The van der Waals surface area contributed by atoms with E-state index in [1.54, 1.807) is 14.0 Å². The maximum atomic E-state index is 13.3. The first-order chi connectivity index (χ1) is 16.0. The molecule has 0 radical (unpaired) electrons. The number of methoxy groups -OCH3 is 1. The molecule has 1 aliphatic heterocycles. The van der Waals surface area contributed by atoms with E-state index in [0.29, 0.717) is 17.5 Å². The van der Waals surface area contributed by atoms with E-state index in [0.717, 1.165) is 37.1 Å². The Bertz CT molecular complexity index is 974. The molecule has 2 N–H and O–H groups in total. The number of piperazine rings is 1. The molecule has 2 fully saturated rings. The molecule has 0 spiro atoms. The Morgan fingerprint density at radius 3 is 2.55 bits per heavy atom. The topological polar surface area (TPSA) is 86.9 Å². The summed E-state index contributed by atoms with van der Waals surface area (Å²) in [6, 6.07) is 5.87. The van der Waals surface area contributed by atoms with Gasteiger partial charge in [0.25, 0.3) is 0 Å². The molecule has 8 heteroatoms. The lowest BCUT2D eigenvalue weighted by atomic mass is 9.94. The van der Waals surface area contributed by atoms with Gasteiger partial charge in [-0.1, -0.05) is 19.3 Å². The molecule has 2 aromatic rings. The maximum absolute atomic E-state index is 13.3. The highest BCUT2D eigenvalue weighted by Gasteiger charge is 2.30. The lowest BCUT2D eigenvalue weighted by Crippen LogP contribution is -2.55. The van der Waals surface area contributed by atoms with E-state index in [9.17, 15) is 9.59 Å². The second-order valence-electron chi connectivity index (χ2n) is 9.04. The van der Waals surface area contributed by atoms with Crippen LogP contribution in [0.2, 0.25) is 0 Å². The largest absolute Gasteiger partial charge is 0.497 e. The van der Waals surface area contributed by atoms with Crippen LogP contribution in [-0.2, 0) is 9.53 Å². The molecule has 33 heavy (non-hydrogen) atoms. The molecular weight excluding hydrogens is 420 g/mol. The number of aromatic amines is 1. The molecule has 1 saturated carbocycles. The van der Waals surface area contributed by atoms with Crippen LogP contribution in [-0.4, -0.2) is 78.6 Å². The number of amides is 1. The monoisotopic (exact) mass is 456 g/mol. The van der Waals surface area contributed by atoms with Gasteiger partial charge in [-0.2, -0.15) is 0 Å². The summed E-state index contributed by atoms with van der Waals surface area (Å²) < 4.78 is 10.6. The molecule has 1 saturated heterocycles. The number of rotatable bonds is 7. The first kappa shape index (κ1) is 23.6. The number of fused-ring (bicyclic) bond motifs is 1. The van der Waals surface area contributed by atoms with E-state index in [4.69, 9.17) is 9.47 Å². The van der Waals surface area contributed by atoms with E-state index in [-0.39, 0.29) is 24.2 Å². The minimum atomic E-state index is -0.489. The van der Waals surface area contributed by atoms with E-state index in [1.165, 1.54) is 32.1 Å². The Labute approximate surface area is 195 Å². The third-order valence-electron chi connectivity index (χ3n) is 7.10. The summed E-state index contributed by atoms with van der Waals surface area (Å²) in [4.78, 5) is 33.8. The Balaban J connectivity index is 1.47. The lowest BCUT2D eigenvalue weighted by molar-refractivity contribution is -0.121. The van der Waals surface area contributed by atoms with Crippen molar-refractivity contribution < 1.29 is 19.1 Å². The normalized spacial score (nSPS) is 19.4. The standard InChI is InChI=1S/C25H36N4O4/c1-4-33-25(31)23-22(20-16-19(32-3)10-11-21(20)26-23)27-24(30)17(2)28-12-14-29(15-13-28)18-8-6-5-7-9-18/h10-11,16-18,26H,4-9,12-15H2,1-3H3,(H,27,30)/t17-/m0/s1. The minimum absolute atomic E-state index is 0.129. The first-order valence-electron chi connectivity index (χ1n) is 12.2. The zero-order valence-corrected chi connectivity index (χ0v) is 20.0. The molecule has 1 aliphatic carbocycles. The van der Waals surface area contributed by atoms with E-state index in [2.05, 4.69) is 20.1 Å². The molecule has 4 rings (SSSR count). The maximum Gasteiger partial charge on any atom is 0.356 e. The highest BCUT2D eigenvalue weighted by molar-refractivity contribution is 6.12. The zero-order valence-electron chi connectivity index (χ0n) is 20.0. The number of H-pyrrole nitrogens is 1. The molecule has 2 aliphatic rings. The number of ether oxygens (including phenoxy) is 2. The molecule has 1 aromatic heterocycles. The van der Waals surface area contributed by atoms with Gasteiger partial charge in [0.15, 0.2) is 0 Å². The van der Waals surface area contributed by atoms with Crippen LogP contribution >= 0.6 is 0 Å². The Hall–Kier alpha value is -2.58. The van der Waals surface area contributed by atoms with Crippen LogP contribution in [0.25, 0.3) is 10.9 Å². The molecule has 8 nitrogen and oxygen atoms in total. The summed E-state index contributed by atoms with van der Waals surface area (Å²) in [6.45, 7) is 7.70. The van der Waals surface area contributed by atoms with Crippen molar-refractivity contribution in [3.63, 3.8) is 0 Å². The quantitative estimate of drug-likeness (QED) is 0.619. The van der Waals surface area contributed by atoms with Gasteiger partial charge < -0.3 is 19.8 Å². The number of hydrogen-bond donors (Lipinski definition) is 2. The molecular formula is C25H36N4O4. The van der Waals surface area contributed by atoms with Crippen molar-refractivity contribution in [3.05, 3.63) is 23.9 Å². The van der Waals surface area contributed by atoms with Crippen LogP contribution in [0.3, 0.4) is 0 Å². The van der Waals surface area contributed by atoms with Crippen LogP contribution in [0.15, 0.2) is 18.2 Å². The summed E-state index contributed by atoms with van der Waals surface area (Å²) in [6.07, 6.45) is 6.64. The summed E-state index contributed by atoms with van der Waals surface area (Å²) in [5.74, 6) is 0.0337. The summed E-state index contributed by atoms with van der Waals surface area (Å²) in [5.41, 5.74) is 1.44. The number of esters is 1. The fraction of sp³-hybridized carbons (Fsp3) is 0.600. The third kappa shape index (κ3) is 5.17. The fourth-order valence-corrected chi connectivity index (χ4v) is 5.11. The van der Waals surface area contributed by atoms with Crippen LogP contribution in [0.1, 0.15) is 56.4 Å². The van der Waals surface area contributed by atoms with Crippen molar-refractivity contribution in [2.24, 2.45) is 0 Å². The molecule has 2 heterocycles. The number of benzene rings is 1. The fourth-order valence-electron chi connectivity index (χ4n) is 5.11. The Kier molecular flexibility index (Phi) is 7.55. The minimum Gasteiger partial charge on any atom is -0.497 e. The molecule has 1 atom stereocenters. The lowest BCUT2D eigenvalue weighted by Gasteiger charge is -2.42. The Morgan fingerprint density at radius 1 is 1.15 bits per heavy atom. The van der Waals surface area contributed by atoms with Gasteiger partial charge >= 0.3 is 5.97 Å². The van der Waals surface area contributed by atoms with Gasteiger partial charge in [-0.05, 0) is 44.9 Å². The van der Waals surface area contributed by atoms with Gasteiger partial charge in [0.05, 0.1) is 25.4 Å². The number of nitrogens with one attached hydrogen (secondary N) is 2. The number of hydrogen-bond acceptors (Lipinski definition) is 6. The average Bonchev–Trinajstić information content (AvgIpc) is 3.21. The van der Waals surface area contributed by atoms with Gasteiger partial charge in [0, 0.05) is 43.1 Å². The highest BCUT2D eigenvalue weighted by atomic mass is 16.5. The van der Waals surface area contributed by atoms with Gasteiger partial charge in [0.2, 0.25) is 5.91 Å². The number of carbonyl (C=O) groups is 2. The Morgan fingerprint density at radius 2 is 1.88 bits per heavy atom. The second kappa shape index (κ2) is 10.6. The zero-order chi connectivity index (χ0) is 23.4. The van der Waals surface area contributed by atoms with Crippen LogP contribution in [0.5, 0.6) is 5.75 Å². The average molecular weight is 457 g/mol. The third-order valence-corrected chi connectivity index (χ3v) is 7.10. The molecule has 1 amide bonds. The second-order valence-corrected chi connectivity index (χ2v) is 9.04. The number of nitrogens with zero attached hydrogens (tertiary/aromatic N) is 2. The predicted octanol–water partition coefficient (Wildman–Crippen LogP) is 3.63. The summed E-state index contributed by atoms with van der Waals surface area (Å²) in [7, 11) is 1.59. The van der Waals surface area contributed by atoms with Crippen LogP contribution in [0, 0.1) is 0 Å². The van der Waals surface area contributed by atoms with E-state index < -0.39 is 5.97 Å². The first-order valence-corrected chi connectivity index (χ1v) is 12.2. The predicted molar refractivity (Wildman–Crippen MR) is 129 cm³/mol. The number of aromatic nitrogens is 1. The summed E-state index contributed by atoms with van der Waals surface area (Å²) in [5, 5.41) is 3.74. The van der Waals surface area contributed by atoms with Gasteiger partial charge in [-0.3, -0.25) is 14.6 Å². The highest BCUT2D eigenvalue weighted by Crippen LogP contribution is 2.32. The SMILES string of the molecule is CCOC(=O)c1[nH]c2ccc(OC)cc2c1NC(=O)[C@H](C)N1CCN(C2CCCCC2)CC1. The van der Waals surface area contributed by atoms with Gasteiger partial charge in [-0.15, -0.1) is 0 Å². The molecule has 0 bridgehead atoms. The van der Waals surface area contributed by atoms with E-state index >= 15 is 0 Å². The van der Waals surface area contributed by atoms with Crippen LogP contribution < -0.4 is 10.1 Å². The van der Waals surface area contributed by atoms with Gasteiger partial charge in [0.1, 0.15) is 11.4 Å². The van der Waals surface area contributed by atoms with Crippen molar-refractivity contribution in [1.82, 2.24) is 14.8 Å².